The van der Waals surface area contributed by atoms with Crippen molar-refractivity contribution in [1.29, 1.82) is 0 Å². The van der Waals surface area contributed by atoms with Crippen LogP contribution in [0, 0.1) is 0 Å². The van der Waals surface area contributed by atoms with E-state index in [4.69, 9.17) is 11.6 Å². The fraction of sp³-hybridized carbons (Fsp3) is 0.250. The Hall–Kier alpha value is -2.31. The summed E-state index contributed by atoms with van der Waals surface area (Å²) in [5, 5.41) is 9.60. The topological polar surface area (TPSA) is 51.0 Å². The summed E-state index contributed by atoms with van der Waals surface area (Å²) >= 11 is 7.70. The van der Waals surface area contributed by atoms with Crippen molar-refractivity contribution in [2.24, 2.45) is 7.05 Å². The molecule has 0 saturated carbocycles. The van der Waals surface area contributed by atoms with Crippen molar-refractivity contribution in [3.05, 3.63) is 59.1 Å². The van der Waals surface area contributed by atoms with E-state index in [2.05, 4.69) is 16.3 Å². The number of hydrogen-bond acceptors (Lipinski definition) is 4. The minimum atomic E-state index is -0.266. The summed E-state index contributed by atoms with van der Waals surface area (Å²) in [6, 6.07) is 15.6. The minimum absolute atomic E-state index is 0.0900. The Bertz CT molecular complexity index is 1000. The first-order valence-electron chi connectivity index (χ1n) is 8.76. The van der Waals surface area contributed by atoms with Crippen LogP contribution >= 0.6 is 23.4 Å². The summed E-state index contributed by atoms with van der Waals surface area (Å²) in [4.78, 5) is 14.9. The van der Waals surface area contributed by atoms with Gasteiger partial charge in [0.1, 0.15) is 0 Å². The molecule has 1 atom stereocenters. The van der Waals surface area contributed by atoms with Crippen LogP contribution in [0.4, 0.5) is 5.69 Å². The third-order valence-electron chi connectivity index (χ3n) is 4.73. The Kier molecular flexibility index (Phi) is 4.93. The van der Waals surface area contributed by atoms with E-state index in [9.17, 15) is 4.79 Å². The van der Waals surface area contributed by atoms with Crippen molar-refractivity contribution in [3.8, 4) is 11.4 Å². The van der Waals surface area contributed by atoms with Gasteiger partial charge in [0.2, 0.25) is 5.91 Å². The molecule has 0 N–H and O–H groups in total. The molecule has 0 unspecified atom stereocenters. The van der Waals surface area contributed by atoms with Gasteiger partial charge in [0, 0.05) is 24.8 Å². The van der Waals surface area contributed by atoms with Gasteiger partial charge in [-0.15, -0.1) is 10.2 Å². The highest BCUT2D eigenvalue weighted by atomic mass is 35.5. The van der Waals surface area contributed by atoms with Crippen LogP contribution in [-0.4, -0.2) is 32.5 Å². The third-order valence-corrected chi connectivity index (χ3v) is 6.18. The number of aromatic nitrogens is 3. The number of hydrogen-bond donors (Lipinski definition) is 0. The first-order valence-corrected chi connectivity index (χ1v) is 10.0. The number of benzene rings is 2. The van der Waals surface area contributed by atoms with Crippen molar-refractivity contribution in [2.75, 3.05) is 11.4 Å². The number of para-hydroxylation sites is 1. The van der Waals surface area contributed by atoms with E-state index in [1.165, 1.54) is 17.3 Å². The molecule has 0 radical (unpaired) electrons. The molecule has 1 aliphatic heterocycles. The molecule has 0 spiro atoms. The summed E-state index contributed by atoms with van der Waals surface area (Å²) in [5.41, 5.74) is 3.07. The van der Waals surface area contributed by atoms with Crippen LogP contribution in [0.5, 0.6) is 0 Å². The third kappa shape index (κ3) is 3.35. The molecule has 5 nitrogen and oxygen atoms in total. The fourth-order valence-corrected chi connectivity index (χ4v) is 4.39. The van der Waals surface area contributed by atoms with E-state index >= 15 is 0 Å². The summed E-state index contributed by atoms with van der Waals surface area (Å²) in [6.45, 7) is 2.64. The van der Waals surface area contributed by atoms with Crippen molar-refractivity contribution in [2.45, 2.75) is 23.8 Å². The SMILES string of the molecule is C[C@@H](Sc1nnc(-c2ccccc2Cl)n1C)C(=O)N1CCc2ccccc21. The average molecular weight is 399 g/mol. The number of amides is 1. The van der Waals surface area contributed by atoms with Gasteiger partial charge in [0.05, 0.1) is 10.3 Å². The number of halogens is 1. The molecular weight excluding hydrogens is 380 g/mol. The van der Waals surface area contributed by atoms with E-state index < -0.39 is 0 Å². The Balaban J connectivity index is 1.53. The maximum atomic E-state index is 13.0. The fourth-order valence-electron chi connectivity index (χ4n) is 3.29. The van der Waals surface area contributed by atoms with Crippen molar-refractivity contribution in [1.82, 2.24) is 14.8 Å². The maximum Gasteiger partial charge on any atom is 0.240 e. The lowest BCUT2D eigenvalue weighted by Crippen LogP contribution is -2.35. The first-order chi connectivity index (χ1) is 13.1. The predicted octanol–water partition coefficient (Wildman–Crippen LogP) is 4.21. The molecule has 138 valence electrons. The van der Waals surface area contributed by atoms with Gasteiger partial charge < -0.3 is 9.47 Å². The smallest absolute Gasteiger partial charge is 0.240 e. The van der Waals surface area contributed by atoms with Gasteiger partial charge in [-0.25, -0.2) is 0 Å². The van der Waals surface area contributed by atoms with E-state index in [0.29, 0.717) is 16.0 Å². The number of fused-ring (bicyclic) bond motifs is 1. The zero-order chi connectivity index (χ0) is 19.0. The number of carbonyl (C=O) groups is 1. The van der Waals surface area contributed by atoms with Crippen LogP contribution in [0.3, 0.4) is 0 Å². The maximum absolute atomic E-state index is 13.0. The molecule has 1 amide bonds. The normalized spacial score (nSPS) is 14.3. The van der Waals surface area contributed by atoms with Gasteiger partial charge in [-0.1, -0.05) is 53.7 Å². The quantitative estimate of drug-likeness (QED) is 0.618. The highest BCUT2D eigenvalue weighted by molar-refractivity contribution is 8.00. The largest absolute Gasteiger partial charge is 0.311 e. The molecular formula is C20H19ClN4OS. The van der Waals surface area contributed by atoms with Crippen LogP contribution < -0.4 is 4.90 Å². The van der Waals surface area contributed by atoms with E-state index in [1.54, 1.807) is 0 Å². The molecule has 27 heavy (non-hydrogen) atoms. The molecule has 0 saturated heterocycles. The Morgan fingerprint density at radius 2 is 1.89 bits per heavy atom. The predicted molar refractivity (Wildman–Crippen MR) is 109 cm³/mol. The number of rotatable bonds is 4. The number of carbonyl (C=O) groups excluding carboxylic acids is 1. The number of thioether (sulfide) groups is 1. The summed E-state index contributed by atoms with van der Waals surface area (Å²) in [7, 11) is 1.89. The molecule has 2 aromatic carbocycles. The second kappa shape index (κ2) is 7.37. The lowest BCUT2D eigenvalue weighted by molar-refractivity contribution is -0.117. The van der Waals surface area contributed by atoms with Crippen LogP contribution in [0.25, 0.3) is 11.4 Å². The summed E-state index contributed by atoms with van der Waals surface area (Å²) in [5.74, 6) is 0.779. The monoisotopic (exact) mass is 398 g/mol. The molecule has 1 aromatic heterocycles. The molecule has 3 aromatic rings. The lowest BCUT2D eigenvalue weighted by Gasteiger charge is -2.21. The highest BCUT2D eigenvalue weighted by Gasteiger charge is 2.29. The van der Waals surface area contributed by atoms with Gasteiger partial charge in [-0.05, 0) is 37.1 Å². The Morgan fingerprint density at radius 3 is 2.70 bits per heavy atom. The number of anilines is 1. The second-order valence-electron chi connectivity index (χ2n) is 6.47. The molecule has 4 rings (SSSR count). The molecule has 0 bridgehead atoms. The molecule has 0 fully saturated rings. The summed E-state index contributed by atoms with van der Waals surface area (Å²) in [6.07, 6.45) is 0.903. The zero-order valence-electron chi connectivity index (χ0n) is 15.1. The molecule has 7 heteroatoms. The molecule has 0 aliphatic carbocycles. The minimum Gasteiger partial charge on any atom is -0.311 e. The Morgan fingerprint density at radius 1 is 1.15 bits per heavy atom. The molecule has 2 heterocycles. The van der Waals surface area contributed by atoms with Crippen molar-refractivity contribution >= 4 is 35.0 Å². The Labute approximate surface area is 167 Å². The average Bonchev–Trinajstić information content (AvgIpc) is 3.26. The standard InChI is InChI=1S/C20H19ClN4OS/c1-13(19(26)25-12-11-14-7-3-6-10-17(14)25)27-20-23-22-18(24(20)2)15-8-4-5-9-16(15)21/h3-10,13H,11-12H2,1-2H3/t13-/m1/s1. The van der Waals surface area contributed by atoms with Gasteiger partial charge in [0.15, 0.2) is 11.0 Å². The van der Waals surface area contributed by atoms with Crippen LogP contribution in [0.2, 0.25) is 5.02 Å². The lowest BCUT2D eigenvalue weighted by atomic mass is 10.2. The van der Waals surface area contributed by atoms with E-state index in [1.807, 2.05) is 65.9 Å². The van der Waals surface area contributed by atoms with E-state index in [0.717, 1.165) is 24.2 Å². The zero-order valence-corrected chi connectivity index (χ0v) is 16.7. The van der Waals surface area contributed by atoms with E-state index in [-0.39, 0.29) is 11.2 Å². The first kappa shape index (κ1) is 18.1. The summed E-state index contributed by atoms with van der Waals surface area (Å²) < 4.78 is 1.88. The second-order valence-corrected chi connectivity index (χ2v) is 8.19. The van der Waals surface area contributed by atoms with Crippen LogP contribution in [0.15, 0.2) is 53.7 Å². The van der Waals surface area contributed by atoms with Gasteiger partial charge in [0.25, 0.3) is 0 Å². The highest BCUT2D eigenvalue weighted by Crippen LogP contribution is 2.33. The van der Waals surface area contributed by atoms with Crippen molar-refractivity contribution in [3.63, 3.8) is 0 Å². The number of nitrogens with zero attached hydrogens (tertiary/aromatic N) is 4. The van der Waals surface area contributed by atoms with Crippen LogP contribution in [-0.2, 0) is 18.3 Å². The van der Waals surface area contributed by atoms with Crippen LogP contribution in [0.1, 0.15) is 12.5 Å². The van der Waals surface area contributed by atoms with Gasteiger partial charge in [-0.2, -0.15) is 0 Å². The van der Waals surface area contributed by atoms with Crippen molar-refractivity contribution < 1.29 is 4.79 Å². The van der Waals surface area contributed by atoms with Gasteiger partial charge in [-0.3, -0.25) is 4.79 Å². The molecule has 1 aliphatic rings. The van der Waals surface area contributed by atoms with Gasteiger partial charge >= 0.3 is 0 Å².